The monoisotopic (exact) mass is 502 g/mol. The SMILES string of the molecule is CCOc1ncccc1-c1ccc(C2(NC(=O)CCNC(=O)OCc3ccccc3)CCNCC2)cc1. The second kappa shape index (κ2) is 12.9. The van der Waals surface area contributed by atoms with Crippen molar-refractivity contribution >= 4 is 12.0 Å². The molecule has 3 N–H and O–H groups in total. The van der Waals surface area contributed by atoms with Crippen LogP contribution >= 0.6 is 0 Å². The molecule has 1 aromatic heterocycles. The number of hydrogen-bond donors (Lipinski definition) is 3. The minimum Gasteiger partial charge on any atom is -0.478 e. The Morgan fingerprint density at radius 1 is 1.00 bits per heavy atom. The van der Waals surface area contributed by atoms with Crippen LogP contribution in [0, 0.1) is 0 Å². The molecule has 8 heteroatoms. The summed E-state index contributed by atoms with van der Waals surface area (Å²) in [5.41, 5.74) is 3.44. The van der Waals surface area contributed by atoms with Crippen molar-refractivity contribution in [3.8, 4) is 17.0 Å². The molecule has 0 unspecified atom stereocenters. The van der Waals surface area contributed by atoms with Gasteiger partial charge in [-0.15, -0.1) is 0 Å². The molecule has 2 amide bonds. The molecule has 0 aliphatic carbocycles. The molecule has 1 fully saturated rings. The molecule has 1 saturated heterocycles. The van der Waals surface area contributed by atoms with Crippen molar-refractivity contribution in [2.75, 3.05) is 26.2 Å². The van der Waals surface area contributed by atoms with Gasteiger partial charge >= 0.3 is 6.09 Å². The van der Waals surface area contributed by atoms with Gasteiger partial charge in [0, 0.05) is 24.7 Å². The van der Waals surface area contributed by atoms with Crippen molar-refractivity contribution in [3.05, 3.63) is 84.1 Å². The summed E-state index contributed by atoms with van der Waals surface area (Å²) in [6.07, 6.45) is 2.91. The van der Waals surface area contributed by atoms with Crippen LogP contribution in [0.1, 0.15) is 37.3 Å². The second-order valence-corrected chi connectivity index (χ2v) is 8.99. The van der Waals surface area contributed by atoms with E-state index in [1.807, 2.05) is 49.4 Å². The fourth-order valence-electron chi connectivity index (χ4n) is 4.55. The molecule has 2 heterocycles. The zero-order valence-corrected chi connectivity index (χ0v) is 21.2. The largest absolute Gasteiger partial charge is 0.478 e. The van der Waals surface area contributed by atoms with Crippen molar-refractivity contribution in [2.24, 2.45) is 0 Å². The maximum absolute atomic E-state index is 12.9. The number of ether oxygens (including phenoxy) is 2. The molecule has 1 aliphatic heterocycles. The van der Waals surface area contributed by atoms with Crippen LogP contribution in [-0.2, 0) is 21.7 Å². The van der Waals surface area contributed by atoms with Gasteiger partial charge in [0.1, 0.15) is 6.61 Å². The van der Waals surface area contributed by atoms with E-state index in [9.17, 15) is 9.59 Å². The summed E-state index contributed by atoms with van der Waals surface area (Å²) in [6, 6.07) is 21.6. The van der Waals surface area contributed by atoms with Crippen LogP contribution in [0.25, 0.3) is 11.1 Å². The van der Waals surface area contributed by atoms with Crippen molar-refractivity contribution in [2.45, 2.75) is 38.3 Å². The first kappa shape index (κ1) is 26.2. The second-order valence-electron chi connectivity index (χ2n) is 8.99. The molecule has 0 saturated carbocycles. The quantitative estimate of drug-likeness (QED) is 0.385. The van der Waals surface area contributed by atoms with E-state index in [0.29, 0.717) is 12.5 Å². The van der Waals surface area contributed by atoms with E-state index in [4.69, 9.17) is 9.47 Å². The third-order valence-corrected chi connectivity index (χ3v) is 6.47. The molecular formula is C29H34N4O4. The Hall–Kier alpha value is -3.91. The maximum atomic E-state index is 12.9. The average molecular weight is 503 g/mol. The summed E-state index contributed by atoms with van der Waals surface area (Å²) in [6.45, 7) is 4.49. The molecule has 0 radical (unpaired) electrons. The van der Waals surface area contributed by atoms with Crippen molar-refractivity contribution < 1.29 is 19.1 Å². The van der Waals surface area contributed by atoms with Crippen molar-refractivity contribution in [1.29, 1.82) is 0 Å². The third-order valence-electron chi connectivity index (χ3n) is 6.47. The van der Waals surface area contributed by atoms with E-state index >= 15 is 0 Å². The Morgan fingerprint density at radius 3 is 2.49 bits per heavy atom. The van der Waals surface area contributed by atoms with E-state index in [1.165, 1.54) is 0 Å². The zero-order valence-electron chi connectivity index (χ0n) is 21.2. The Kier molecular flexibility index (Phi) is 9.10. The maximum Gasteiger partial charge on any atom is 0.407 e. The molecular weight excluding hydrogens is 468 g/mol. The standard InChI is InChI=1S/C29H34N4O4/c1-2-36-27-25(9-6-17-31-27)23-10-12-24(13-11-23)29(15-19-30-20-16-29)33-26(34)14-18-32-28(35)37-21-22-7-4-3-5-8-22/h3-13,17,30H,2,14-16,18-21H2,1H3,(H,32,35)(H,33,34). The molecule has 4 rings (SSSR count). The van der Waals surface area contributed by atoms with E-state index in [0.717, 1.165) is 48.2 Å². The van der Waals surface area contributed by atoms with E-state index < -0.39 is 11.6 Å². The summed E-state index contributed by atoms with van der Waals surface area (Å²) in [5.74, 6) is 0.498. The van der Waals surface area contributed by atoms with Gasteiger partial charge in [-0.2, -0.15) is 0 Å². The molecule has 1 aliphatic rings. The molecule has 194 valence electrons. The van der Waals surface area contributed by atoms with E-state index in [2.05, 4.69) is 45.2 Å². The highest BCUT2D eigenvalue weighted by atomic mass is 16.5. The van der Waals surface area contributed by atoms with Crippen LogP contribution in [-0.4, -0.2) is 43.2 Å². The summed E-state index contributed by atoms with van der Waals surface area (Å²) in [7, 11) is 0. The summed E-state index contributed by atoms with van der Waals surface area (Å²) in [4.78, 5) is 29.3. The smallest absolute Gasteiger partial charge is 0.407 e. The summed E-state index contributed by atoms with van der Waals surface area (Å²) in [5, 5.41) is 9.30. The minimum atomic E-state index is -0.536. The number of carbonyl (C=O) groups excluding carboxylic acids is 2. The molecule has 0 bridgehead atoms. The van der Waals surface area contributed by atoms with Gasteiger partial charge in [-0.25, -0.2) is 9.78 Å². The average Bonchev–Trinajstić information content (AvgIpc) is 2.93. The molecule has 2 aromatic carbocycles. The highest BCUT2D eigenvalue weighted by Crippen LogP contribution is 2.34. The lowest BCUT2D eigenvalue weighted by molar-refractivity contribution is -0.123. The Morgan fingerprint density at radius 2 is 1.76 bits per heavy atom. The van der Waals surface area contributed by atoms with Gasteiger partial charge in [-0.05, 0) is 61.7 Å². The summed E-state index contributed by atoms with van der Waals surface area (Å²) < 4.78 is 10.9. The molecule has 37 heavy (non-hydrogen) atoms. The highest BCUT2D eigenvalue weighted by Gasteiger charge is 2.35. The first-order valence-corrected chi connectivity index (χ1v) is 12.7. The Bertz CT molecular complexity index is 1160. The number of pyridine rings is 1. The van der Waals surface area contributed by atoms with Gasteiger partial charge in [0.2, 0.25) is 11.8 Å². The van der Waals surface area contributed by atoms with Crippen LogP contribution < -0.4 is 20.7 Å². The lowest BCUT2D eigenvalue weighted by Gasteiger charge is -2.39. The predicted molar refractivity (Wildman–Crippen MR) is 142 cm³/mol. The Labute approximate surface area is 217 Å². The van der Waals surface area contributed by atoms with Gasteiger partial charge in [-0.3, -0.25) is 4.79 Å². The lowest BCUT2D eigenvalue weighted by Crippen LogP contribution is -2.52. The number of piperidine rings is 1. The molecule has 8 nitrogen and oxygen atoms in total. The van der Waals surface area contributed by atoms with Crippen LogP contribution in [0.3, 0.4) is 0 Å². The van der Waals surface area contributed by atoms with Crippen LogP contribution in [0.15, 0.2) is 72.9 Å². The van der Waals surface area contributed by atoms with Crippen LogP contribution in [0.5, 0.6) is 5.88 Å². The number of benzene rings is 2. The van der Waals surface area contributed by atoms with Crippen LogP contribution in [0.4, 0.5) is 4.79 Å². The summed E-state index contributed by atoms with van der Waals surface area (Å²) >= 11 is 0. The van der Waals surface area contributed by atoms with E-state index in [-0.39, 0.29) is 25.5 Å². The minimum absolute atomic E-state index is 0.111. The zero-order chi connectivity index (χ0) is 25.9. The molecule has 0 spiro atoms. The number of rotatable bonds is 10. The number of nitrogens with one attached hydrogen (secondary N) is 3. The number of alkyl carbamates (subject to hydrolysis) is 1. The first-order valence-electron chi connectivity index (χ1n) is 12.7. The van der Waals surface area contributed by atoms with Crippen LogP contribution in [0.2, 0.25) is 0 Å². The highest BCUT2D eigenvalue weighted by molar-refractivity contribution is 5.78. The van der Waals surface area contributed by atoms with E-state index in [1.54, 1.807) is 6.20 Å². The topological polar surface area (TPSA) is 102 Å². The Balaban J connectivity index is 1.35. The van der Waals surface area contributed by atoms with Gasteiger partial charge < -0.3 is 25.4 Å². The van der Waals surface area contributed by atoms with Gasteiger partial charge in [-0.1, -0.05) is 54.6 Å². The van der Waals surface area contributed by atoms with Crippen molar-refractivity contribution in [3.63, 3.8) is 0 Å². The van der Waals surface area contributed by atoms with Gasteiger partial charge in [0.25, 0.3) is 0 Å². The van der Waals surface area contributed by atoms with Gasteiger partial charge in [0.05, 0.1) is 12.1 Å². The first-order chi connectivity index (χ1) is 18.1. The number of aromatic nitrogens is 1. The normalized spacial score (nSPS) is 14.4. The molecule has 3 aromatic rings. The lowest BCUT2D eigenvalue weighted by atomic mass is 9.80. The third kappa shape index (κ3) is 7.07. The number of nitrogens with zero attached hydrogens (tertiary/aromatic N) is 1. The predicted octanol–water partition coefficient (Wildman–Crippen LogP) is 4.16. The number of hydrogen-bond acceptors (Lipinski definition) is 6. The molecule has 0 atom stereocenters. The number of carbonyl (C=O) groups is 2. The fourth-order valence-corrected chi connectivity index (χ4v) is 4.55. The fraction of sp³-hybridized carbons (Fsp3) is 0.345. The van der Waals surface area contributed by atoms with Gasteiger partial charge in [0.15, 0.2) is 0 Å². The van der Waals surface area contributed by atoms with Crippen molar-refractivity contribution in [1.82, 2.24) is 20.9 Å². The number of amides is 2.